The van der Waals surface area contributed by atoms with Gasteiger partial charge in [-0.05, 0) is 70.4 Å². The summed E-state index contributed by atoms with van der Waals surface area (Å²) in [7, 11) is 1.75. The zero-order valence-corrected chi connectivity index (χ0v) is 18.6. The van der Waals surface area contributed by atoms with Crippen molar-refractivity contribution in [2.24, 2.45) is 0 Å². The van der Waals surface area contributed by atoms with E-state index in [1.54, 1.807) is 7.11 Å². The Morgan fingerprint density at radius 1 is 1.33 bits per heavy atom. The highest BCUT2D eigenvalue weighted by Crippen LogP contribution is 2.38. The molecule has 0 aromatic carbocycles. The van der Waals surface area contributed by atoms with Crippen LogP contribution in [0.3, 0.4) is 0 Å². The lowest BCUT2D eigenvalue weighted by molar-refractivity contribution is -0.149. The molecule has 3 heterocycles. The zero-order chi connectivity index (χ0) is 21.1. The second kappa shape index (κ2) is 9.48. The van der Waals surface area contributed by atoms with Crippen LogP contribution in [0, 0.1) is 6.92 Å². The Kier molecular flexibility index (Phi) is 6.74. The number of rotatable bonds is 9. The van der Waals surface area contributed by atoms with Gasteiger partial charge in [0.2, 0.25) is 0 Å². The van der Waals surface area contributed by atoms with E-state index in [0.29, 0.717) is 12.6 Å². The van der Waals surface area contributed by atoms with Crippen molar-refractivity contribution in [2.75, 3.05) is 20.3 Å². The number of aromatic nitrogens is 2. The third-order valence-electron chi connectivity index (χ3n) is 6.50. The van der Waals surface area contributed by atoms with Crippen LogP contribution in [-0.2, 0) is 20.8 Å². The minimum absolute atomic E-state index is 0.00690. The number of hydrogen-bond donors (Lipinski definition) is 0. The van der Waals surface area contributed by atoms with Gasteiger partial charge in [0, 0.05) is 50.9 Å². The number of fused-ring (bicyclic) bond motifs is 1. The van der Waals surface area contributed by atoms with Crippen LogP contribution in [-0.4, -0.2) is 52.8 Å². The summed E-state index contributed by atoms with van der Waals surface area (Å²) in [4.78, 5) is 20.3. The van der Waals surface area contributed by atoms with E-state index in [9.17, 15) is 4.79 Å². The summed E-state index contributed by atoms with van der Waals surface area (Å²) in [5.41, 5.74) is 4.59. The molecule has 0 unspecified atom stereocenters. The average molecular weight is 414 g/mol. The van der Waals surface area contributed by atoms with Gasteiger partial charge in [0.25, 0.3) is 5.91 Å². The van der Waals surface area contributed by atoms with E-state index in [-0.39, 0.29) is 18.1 Å². The second-order valence-electron chi connectivity index (χ2n) is 8.81. The highest BCUT2D eigenvalue weighted by molar-refractivity contribution is 5.86. The summed E-state index contributed by atoms with van der Waals surface area (Å²) in [5, 5.41) is 0. The van der Waals surface area contributed by atoms with Gasteiger partial charge in [0.1, 0.15) is 6.10 Å². The van der Waals surface area contributed by atoms with E-state index in [1.807, 2.05) is 6.20 Å². The number of methoxy groups -OCH3 is 1. The highest BCUT2D eigenvalue weighted by Gasteiger charge is 2.40. The molecule has 0 N–H and O–H groups in total. The van der Waals surface area contributed by atoms with E-state index in [0.717, 1.165) is 69.2 Å². The summed E-state index contributed by atoms with van der Waals surface area (Å²) in [5.74, 6) is 0.165. The maximum Gasteiger partial charge on any atom is 0.252 e. The number of nitrogens with zero attached hydrogens (tertiary/aromatic N) is 3. The minimum Gasteiger partial charge on any atom is -0.385 e. The number of carbonyl (C=O) groups excluding carboxylic acids is 1. The Hall–Kier alpha value is -1.92. The first-order valence-corrected chi connectivity index (χ1v) is 11.5. The van der Waals surface area contributed by atoms with Crippen molar-refractivity contribution in [1.82, 2.24) is 14.5 Å². The number of unbranched alkanes of at least 4 members (excludes halogenated alkanes) is 1. The summed E-state index contributed by atoms with van der Waals surface area (Å²) in [6.07, 6.45) is 11.1. The zero-order valence-electron chi connectivity index (χ0n) is 18.6. The largest absolute Gasteiger partial charge is 0.385 e. The molecule has 2 aromatic rings. The minimum atomic E-state index is -0.279. The topological polar surface area (TPSA) is 56.6 Å². The maximum absolute atomic E-state index is 13.4. The first kappa shape index (κ1) is 21.3. The Morgan fingerprint density at radius 2 is 2.17 bits per heavy atom. The molecule has 1 saturated carbocycles. The molecule has 0 radical (unpaired) electrons. The van der Waals surface area contributed by atoms with Gasteiger partial charge in [-0.25, -0.2) is 0 Å². The monoisotopic (exact) mass is 413 g/mol. The normalized spacial score (nSPS) is 20.4. The van der Waals surface area contributed by atoms with Gasteiger partial charge in [0.15, 0.2) is 0 Å². The first-order valence-electron chi connectivity index (χ1n) is 11.5. The summed E-state index contributed by atoms with van der Waals surface area (Å²) < 4.78 is 13.4. The van der Waals surface area contributed by atoms with Crippen molar-refractivity contribution < 1.29 is 14.3 Å². The molecule has 0 spiro atoms. The Bertz CT molecular complexity index is 868. The van der Waals surface area contributed by atoms with Crippen LogP contribution in [0.1, 0.15) is 69.0 Å². The molecule has 4 rings (SSSR count). The fourth-order valence-corrected chi connectivity index (χ4v) is 4.72. The third kappa shape index (κ3) is 4.40. The van der Waals surface area contributed by atoms with Crippen LogP contribution in [0.4, 0.5) is 0 Å². The fraction of sp³-hybridized carbons (Fsp3) is 0.667. The molecule has 2 aliphatic rings. The number of ether oxygens (including phenoxy) is 2. The van der Waals surface area contributed by atoms with Crippen molar-refractivity contribution in [3.05, 3.63) is 29.6 Å². The van der Waals surface area contributed by atoms with E-state index in [1.165, 1.54) is 11.1 Å². The lowest BCUT2D eigenvalue weighted by Crippen LogP contribution is -2.44. The molecule has 2 aromatic heterocycles. The molecule has 2 fully saturated rings. The van der Waals surface area contributed by atoms with Gasteiger partial charge >= 0.3 is 0 Å². The summed E-state index contributed by atoms with van der Waals surface area (Å²) >= 11 is 0. The van der Waals surface area contributed by atoms with E-state index in [4.69, 9.17) is 14.5 Å². The summed E-state index contributed by atoms with van der Waals surface area (Å²) in [6, 6.07) is 2.40. The Balaban J connectivity index is 1.63. The molecule has 6 nitrogen and oxygen atoms in total. The number of hydrogen-bond acceptors (Lipinski definition) is 4. The molecule has 1 saturated heterocycles. The van der Waals surface area contributed by atoms with Crippen LogP contribution >= 0.6 is 0 Å². The molecule has 164 valence electrons. The van der Waals surface area contributed by atoms with Gasteiger partial charge in [-0.1, -0.05) is 0 Å². The van der Waals surface area contributed by atoms with Crippen LogP contribution in [0.5, 0.6) is 0 Å². The van der Waals surface area contributed by atoms with E-state index >= 15 is 0 Å². The number of amides is 1. The SMILES string of the molecule is COCCCCn1cc([C@@H](C)N(C(=O)[C@H]2CCCCO2)C2CC2)c2nccc(C)c21. The lowest BCUT2D eigenvalue weighted by atomic mass is 10.0. The predicted molar refractivity (Wildman–Crippen MR) is 117 cm³/mol. The van der Waals surface area contributed by atoms with Gasteiger partial charge in [-0.3, -0.25) is 9.78 Å². The molecule has 1 amide bonds. The first-order chi connectivity index (χ1) is 14.6. The quantitative estimate of drug-likeness (QED) is 0.572. The van der Waals surface area contributed by atoms with Crippen molar-refractivity contribution in [3.63, 3.8) is 0 Å². The molecular formula is C24H35N3O3. The van der Waals surface area contributed by atoms with Gasteiger partial charge in [-0.15, -0.1) is 0 Å². The van der Waals surface area contributed by atoms with Crippen molar-refractivity contribution in [2.45, 2.75) is 83.5 Å². The maximum atomic E-state index is 13.4. The number of pyridine rings is 1. The van der Waals surface area contributed by atoms with E-state index < -0.39 is 0 Å². The molecule has 6 heteroatoms. The molecule has 30 heavy (non-hydrogen) atoms. The highest BCUT2D eigenvalue weighted by atomic mass is 16.5. The van der Waals surface area contributed by atoms with Crippen LogP contribution in [0.25, 0.3) is 11.0 Å². The third-order valence-corrected chi connectivity index (χ3v) is 6.50. The number of aryl methyl sites for hydroxylation is 2. The van der Waals surface area contributed by atoms with E-state index in [2.05, 4.69) is 35.6 Å². The van der Waals surface area contributed by atoms with Crippen LogP contribution in [0.2, 0.25) is 0 Å². The average Bonchev–Trinajstić information content (AvgIpc) is 3.52. The predicted octanol–water partition coefficient (Wildman–Crippen LogP) is 4.39. The Morgan fingerprint density at radius 3 is 2.87 bits per heavy atom. The van der Waals surface area contributed by atoms with Gasteiger partial charge in [-0.2, -0.15) is 0 Å². The Labute approximate surface area is 179 Å². The summed E-state index contributed by atoms with van der Waals surface area (Å²) in [6.45, 7) is 6.72. The van der Waals surface area contributed by atoms with Crippen molar-refractivity contribution >= 4 is 16.9 Å². The van der Waals surface area contributed by atoms with Crippen molar-refractivity contribution in [1.29, 1.82) is 0 Å². The van der Waals surface area contributed by atoms with Gasteiger partial charge in [0.05, 0.1) is 17.1 Å². The van der Waals surface area contributed by atoms with Crippen molar-refractivity contribution in [3.8, 4) is 0 Å². The standard InChI is InChI=1S/C24H35N3O3/c1-17-11-12-25-22-20(16-26(23(17)22)13-5-7-14-29-3)18(2)27(19-9-10-19)24(28)21-8-4-6-15-30-21/h11-12,16,18-19,21H,4-10,13-15H2,1-3H3/t18-,21-/m1/s1. The molecule has 0 bridgehead atoms. The molecule has 1 aliphatic carbocycles. The second-order valence-corrected chi connectivity index (χ2v) is 8.81. The van der Waals surface area contributed by atoms with Crippen LogP contribution in [0.15, 0.2) is 18.5 Å². The fourth-order valence-electron chi connectivity index (χ4n) is 4.72. The molecule has 2 atom stereocenters. The lowest BCUT2D eigenvalue weighted by Gasteiger charge is -2.33. The molecule has 1 aliphatic heterocycles. The molecular weight excluding hydrogens is 378 g/mol. The van der Waals surface area contributed by atoms with Crippen LogP contribution < -0.4 is 0 Å². The van der Waals surface area contributed by atoms with Gasteiger partial charge < -0.3 is 18.9 Å². The number of carbonyl (C=O) groups is 1. The smallest absolute Gasteiger partial charge is 0.252 e.